The highest BCUT2D eigenvalue weighted by molar-refractivity contribution is 9.08. The molecule has 0 saturated carbocycles. The van der Waals surface area contributed by atoms with Crippen molar-refractivity contribution in [3.05, 3.63) is 76.9 Å². The molecule has 2 N–H and O–H groups in total. The number of alkyl halides is 1. The molecular formula is C17H13BrO4. The molecule has 4 nitrogen and oxygen atoms in total. The van der Waals surface area contributed by atoms with E-state index in [-0.39, 0.29) is 5.57 Å². The molecule has 2 aromatic rings. The number of hydrogen-bond acceptors (Lipinski definition) is 2. The van der Waals surface area contributed by atoms with Crippen molar-refractivity contribution in [2.24, 2.45) is 0 Å². The molecule has 0 fully saturated rings. The molecule has 0 bridgehead atoms. The van der Waals surface area contributed by atoms with Crippen LogP contribution < -0.4 is 0 Å². The lowest BCUT2D eigenvalue weighted by Crippen LogP contribution is -2.14. The van der Waals surface area contributed by atoms with Crippen LogP contribution in [0.4, 0.5) is 0 Å². The summed E-state index contributed by atoms with van der Waals surface area (Å²) in [6, 6.07) is 15.8. The van der Waals surface area contributed by atoms with Crippen molar-refractivity contribution in [1.29, 1.82) is 0 Å². The molecule has 0 atom stereocenters. The van der Waals surface area contributed by atoms with Gasteiger partial charge < -0.3 is 10.2 Å². The number of carboxylic acid groups (broad SMARTS) is 2. The quantitative estimate of drug-likeness (QED) is 0.370. The van der Waals surface area contributed by atoms with Crippen LogP contribution in [0, 0.1) is 0 Å². The van der Waals surface area contributed by atoms with Gasteiger partial charge in [0.2, 0.25) is 0 Å². The zero-order valence-corrected chi connectivity index (χ0v) is 13.1. The Hall–Kier alpha value is -2.40. The summed E-state index contributed by atoms with van der Waals surface area (Å²) < 4.78 is 0. The maximum absolute atomic E-state index is 11.4. The van der Waals surface area contributed by atoms with E-state index in [1.54, 1.807) is 42.5 Å². The van der Waals surface area contributed by atoms with Crippen LogP contribution >= 0.6 is 15.9 Å². The van der Waals surface area contributed by atoms with Gasteiger partial charge in [-0.05, 0) is 16.7 Å². The number of benzene rings is 2. The van der Waals surface area contributed by atoms with Gasteiger partial charge in [-0.15, -0.1) is 0 Å². The molecule has 112 valence electrons. The van der Waals surface area contributed by atoms with E-state index in [9.17, 15) is 19.8 Å². The Balaban J connectivity index is 2.72. The van der Waals surface area contributed by atoms with Crippen LogP contribution in [0.3, 0.4) is 0 Å². The third kappa shape index (κ3) is 3.43. The second-order valence-electron chi connectivity index (χ2n) is 4.56. The first-order valence-corrected chi connectivity index (χ1v) is 7.58. The van der Waals surface area contributed by atoms with Crippen molar-refractivity contribution in [2.75, 3.05) is 0 Å². The van der Waals surface area contributed by atoms with Crippen LogP contribution in [0.1, 0.15) is 16.7 Å². The Kier molecular flexibility index (Phi) is 5.12. The van der Waals surface area contributed by atoms with Gasteiger partial charge in [0.05, 0.1) is 0 Å². The van der Waals surface area contributed by atoms with Crippen LogP contribution in [0.25, 0.3) is 5.57 Å². The molecule has 0 aliphatic carbocycles. The Morgan fingerprint density at radius 1 is 0.818 bits per heavy atom. The fourth-order valence-corrected chi connectivity index (χ4v) is 2.50. The summed E-state index contributed by atoms with van der Waals surface area (Å²) in [5, 5.41) is 19.3. The van der Waals surface area contributed by atoms with Gasteiger partial charge in [-0.3, -0.25) is 0 Å². The highest BCUT2D eigenvalue weighted by atomic mass is 79.9. The lowest BCUT2D eigenvalue weighted by molar-refractivity contribution is -0.140. The van der Waals surface area contributed by atoms with E-state index >= 15 is 0 Å². The normalized spacial score (nSPS) is 10.0. The maximum Gasteiger partial charge on any atom is 0.343 e. The van der Waals surface area contributed by atoms with Gasteiger partial charge in [-0.2, -0.15) is 0 Å². The lowest BCUT2D eigenvalue weighted by Gasteiger charge is -2.11. The maximum atomic E-state index is 11.4. The molecular weight excluding hydrogens is 348 g/mol. The monoisotopic (exact) mass is 360 g/mol. The van der Waals surface area contributed by atoms with Gasteiger partial charge in [0.1, 0.15) is 0 Å². The Morgan fingerprint density at radius 2 is 1.32 bits per heavy atom. The average Bonchev–Trinajstić information content (AvgIpc) is 2.52. The van der Waals surface area contributed by atoms with Gasteiger partial charge in [-0.1, -0.05) is 70.5 Å². The predicted octanol–water partition coefficient (Wildman–Crippen LogP) is 3.55. The first-order valence-electron chi connectivity index (χ1n) is 6.46. The van der Waals surface area contributed by atoms with E-state index in [1.165, 1.54) is 0 Å². The first-order chi connectivity index (χ1) is 10.5. The van der Waals surface area contributed by atoms with Crippen molar-refractivity contribution < 1.29 is 19.8 Å². The van der Waals surface area contributed by atoms with Crippen molar-refractivity contribution in [3.8, 4) is 0 Å². The number of hydrogen-bond donors (Lipinski definition) is 2. The van der Waals surface area contributed by atoms with E-state index in [1.807, 2.05) is 12.1 Å². The highest BCUT2D eigenvalue weighted by Crippen LogP contribution is 2.28. The fourth-order valence-electron chi connectivity index (χ4n) is 2.13. The topological polar surface area (TPSA) is 74.6 Å². The average molecular weight is 361 g/mol. The molecule has 0 aliphatic heterocycles. The molecule has 5 heteroatoms. The molecule has 0 saturated heterocycles. The Morgan fingerprint density at radius 3 is 1.77 bits per heavy atom. The second kappa shape index (κ2) is 7.04. The molecule has 0 amide bonds. The van der Waals surface area contributed by atoms with E-state index in [2.05, 4.69) is 15.9 Å². The van der Waals surface area contributed by atoms with E-state index in [0.717, 1.165) is 5.56 Å². The van der Waals surface area contributed by atoms with E-state index < -0.39 is 17.5 Å². The van der Waals surface area contributed by atoms with Gasteiger partial charge in [0.25, 0.3) is 0 Å². The van der Waals surface area contributed by atoms with Gasteiger partial charge in [0, 0.05) is 10.9 Å². The number of rotatable bonds is 5. The molecule has 0 aliphatic rings. The van der Waals surface area contributed by atoms with Crippen LogP contribution in [-0.2, 0) is 14.9 Å². The lowest BCUT2D eigenvalue weighted by atomic mass is 9.92. The smallest absolute Gasteiger partial charge is 0.343 e. The zero-order chi connectivity index (χ0) is 16.1. The molecule has 0 heterocycles. The minimum Gasteiger partial charge on any atom is -0.477 e. The van der Waals surface area contributed by atoms with E-state index in [0.29, 0.717) is 16.5 Å². The van der Waals surface area contributed by atoms with Crippen molar-refractivity contribution in [3.63, 3.8) is 0 Å². The molecule has 0 spiro atoms. The summed E-state index contributed by atoms with van der Waals surface area (Å²) in [4.78, 5) is 22.8. The number of carbonyl (C=O) groups is 2. The van der Waals surface area contributed by atoms with Gasteiger partial charge in [-0.25, -0.2) is 9.59 Å². The first kappa shape index (κ1) is 16.0. The summed E-state index contributed by atoms with van der Waals surface area (Å²) in [6.07, 6.45) is 0. The molecule has 22 heavy (non-hydrogen) atoms. The summed E-state index contributed by atoms with van der Waals surface area (Å²) in [5.74, 6) is -2.92. The minimum atomic E-state index is -1.46. The Bertz CT molecular complexity index is 702. The van der Waals surface area contributed by atoms with Gasteiger partial charge >= 0.3 is 11.9 Å². The Labute approximate surface area is 135 Å². The standard InChI is InChI=1S/C17H13BrO4/c18-10-11-6-8-13(9-7-11)14(12-4-2-1-3-5-12)15(16(19)20)17(21)22/h1-9H,10H2,(H,19,20)(H,21,22). The van der Waals surface area contributed by atoms with Crippen molar-refractivity contribution in [1.82, 2.24) is 0 Å². The number of carboxylic acids is 2. The summed E-state index contributed by atoms with van der Waals surface area (Å²) in [6.45, 7) is 0. The summed E-state index contributed by atoms with van der Waals surface area (Å²) in [5.41, 5.74) is 1.67. The van der Waals surface area contributed by atoms with Crippen LogP contribution in [0.5, 0.6) is 0 Å². The van der Waals surface area contributed by atoms with Crippen LogP contribution in [-0.4, -0.2) is 22.2 Å². The fraction of sp³-hybridized carbons (Fsp3) is 0.0588. The zero-order valence-electron chi connectivity index (χ0n) is 11.5. The molecule has 2 aromatic carbocycles. The second-order valence-corrected chi connectivity index (χ2v) is 5.12. The SMILES string of the molecule is O=C(O)C(C(=O)O)=C(c1ccccc1)c1ccc(CBr)cc1. The van der Waals surface area contributed by atoms with Gasteiger partial charge in [0.15, 0.2) is 5.57 Å². The van der Waals surface area contributed by atoms with Crippen molar-refractivity contribution >= 4 is 33.4 Å². The molecule has 2 rings (SSSR count). The molecule has 0 radical (unpaired) electrons. The predicted molar refractivity (Wildman–Crippen MR) is 86.8 cm³/mol. The molecule has 0 aromatic heterocycles. The highest BCUT2D eigenvalue weighted by Gasteiger charge is 2.24. The summed E-state index contributed by atoms with van der Waals surface area (Å²) >= 11 is 3.34. The molecule has 0 unspecified atom stereocenters. The largest absolute Gasteiger partial charge is 0.477 e. The number of aliphatic carboxylic acids is 2. The van der Waals surface area contributed by atoms with E-state index in [4.69, 9.17) is 0 Å². The number of halogens is 1. The third-order valence-corrected chi connectivity index (χ3v) is 3.78. The minimum absolute atomic E-state index is 0.196. The van der Waals surface area contributed by atoms with Crippen molar-refractivity contribution in [2.45, 2.75) is 5.33 Å². The van der Waals surface area contributed by atoms with Crippen LogP contribution in [0.2, 0.25) is 0 Å². The summed E-state index contributed by atoms with van der Waals surface area (Å²) in [7, 11) is 0. The van der Waals surface area contributed by atoms with Crippen LogP contribution in [0.15, 0.2) is 60.2 Å². The third-order valence-electron chi connectivity index (χ3n) is 3.14.